The minimum absolute atomic E-state index is 0.00182. The number of amides is 1. The van der Waals surface area contributed by atoms with Gasteiger partial charge in [-0.25, -0.2) is 8.42 Å². The maximum atomic E-state index is 12.7. The van der Waals surface area contributed by atoms with Gasteiger partial charge in [0.05, 0.1) is 12.6 Å². The molecule has 3 heterocycles. The Hall–Kier alpha value is -0.660. The van der Waals surface area contributed by atoms with Crippen molar-refractivity contribution in [1.29, 1.82) is 0 Å². The van der Waals surface area contributed by atoms with Crippen LogP contribution in [0.5, 0.6) is 0 Å². The summed E-state index contributed by atoms with van der Waals surface area (Å²) in [5.41, 5.74) is -0.706. The highest BCUT2D eigenvalue weighted by atomic mass is 32.2. The zero-order chi connectivity index (χ0) is 14.7. The number of hydrogen-bond acceptors (Lipinski definition) is 4. The highest BCUT2D eigenvalue weighted by molar-refractivity contribution is 7.90. The van der Waals surface area contributed by atoms with Crippen LogP contribution in [0.25, 0.3) is 0 Å². The molecule has 1 amide bonds. The van der Waals surface area contributed by atoms with Crippen LogP contribution in [0.1, 0.15) is 27.2 Å². The number of fused-ring (bicyclic) bond motifs is 1. The summed E-state index contributed by atoms with van der Waals surface area (Å²) in [6, 6.07) is 0. The average molecular weight is 302 g/mol. The van der Waals surface area contributed by atoms with Crippen LogP contribution >= 0.6 is 0 Å². The molecule has 0 aromatic carbocycles. The van der Waals surface area contributed by atoms with Crippen LogP contribution in [0.15, 0.2) is 0 Å². The van der Waals surface area contributed by atoms with Gasteiger partial charge in [0, 0.05) is 26.6 Å². The average Bonchev–Trinajstić information content (AvgIpc) is 2.67. The van der Waals surface area contributed by atoms with E-state index in [1.54, 1.807) is 9.21 Å². The number of likely N-dealkylation sites (tertiary alicyclic amines) is 1. The third-order valence-corrected chi connectivity index (χ3v) is 6.86. The van der Waals surface area contributed by atoms with Gasteiger partial charge in [-0.3, -0.25) is 4.79 Å². The van der Waals surface area contributed by atoms with Crippen LogP contribution in [-0.2, 0) is 19.6 Å². The van der Waals surface area contributed by atoms with Crippen LogP contribution in [0.4, 0.5) is 0 Å². The molecule has 3 saturated heterocycles. The molecule has 0 radical (unpaired) electrons. The van der Waals surface area contributed by atoms with Crippen molar-refractivity contribution >= 4 is 15.9 Å². The second kappa shape index (κ2) is 4.42. The first-order valence-corrected chi connectivity index (χ1v) is 8.67. The van der Waals surface area contributed by atoms with Gasteiger partial charge < -0.3 is 9.64 Å². The molecule has 114 valence electrons. The normalized spacial score (nSPS) is 39.3. The van der Waals surface area contributed by atoms with Crippen molar-refractivity contribution in [3.05, 3.63) is 0 Å². The van der Waals surface area contributed by atoms with Crippen LogP contribution in [-0.4, -0.2) is 66.7 Å². The zero-order valence-electron chi connectivity index (χ0n) is 12.2. The molecule has 0 saturated carbocycles. The van der Waals surface area contributed by atoms with E-state index in [2.05, 4.69) is 0 Å². The van der Waals surface area contributed by atoms with Gasteiger partial charge >= 0.3 is 0 Å². The van der Waals surface area contributed by atoms with Gasteiger partial charge in [-0.2, -0.15) is 4.31 Å². The first-order valence-electron chi connectivity index (χ1n) is 7.17. The molecule has 2 bridgehead atoms. The van der Waals surface area contributed by atoms with E-state index in [1.165, 1.54) is 6.92 Å². The smallest absolute Gasteiger partial charge is 0.220 e. The van der Waals surface area contributed by atoms with Crippen molar-refractivity contribution < 1.29 is 17.9 Å². The zero-order valence-corrected chi connectivity index (χ0v) is 13.0. The van der Waals surface area contributed by atoms with E-state index in [9.17, 15) is 13.2 Å². The fourth-order valence-electron chi connectivity index (χ4n) is 3.76. The maximum absolute atomic E-state index is 12.7. The number of ether oxygens (including phenoxy) is 1. The lowest BCUT2D eigenvalue weighted by Gasteiger charge is -2.39. The van der Waals surface area contributed by atoms with Gasteiger partial charge in [-0.1, -0.05) is 13.8 Å². The first kappa shape index (κ1) is 14.3. The molecule has 7 heteroatoms. The Balaban J connectivity index is 1.91. The molecular formula is C13H22N2O4S. The summed E-state index contributed by atoms with van der Waals surface area (Å²) in [4.78, 5) is 13.4. The van der Waals surface area contributed by atoms with E-state index in [4.69, 9.17) is 4.74 Å². The Labute approximate surface area is 120 Å². The van der Waals surface area contributed by atoms with Gasteiger partial charge in [-0.15, -0.1) is 0 Å². The van der Waals surface area contributed by atoms with Gasteiger partial charge in [0.1, 0.15) is 10.9 Å². The fraction of sp³-hybridized carbons (Fsp3) is 0.923. The quantitative estimate of drug-likeness (QED) is 0.723. The minimum Gasteiger partial charge on any atom is -0.365 e. The highest BCUT2D eigenvalue weighted by Gasteiger charge is 2.65. The van der Waals surface area contributed by atoms with Gasteiger partial charge in [0.2, 0.25) is 15.9 Å². The summed E-state index contributed by atoms with van der Waals surface area (Å²) < 4.78 is 32.9. The lowest BCUT2D eigenvalue weighted by Crippen LogP contribution is -2.56. The molecule has 0 unspecified atom stereocenters. The first-order chi connectivity index (χ1) is 9.24. The van der Waals surface area contributed by atoms with Crippen LogP contribution < -0.4 is 0 Å². The Morgan fingerprint density at radius 3 is 2.70 bits per heavy atom. The number of sulfonamides is 1. The molecule has 0 aromatic rings. The largest absolute Gasteiger partial charge is 0.365 e. The Kier molecular flexibility index (Phi) is 3.15. The molecule has 3 rings (SSSR count). The van der Waals surface area contributed by atoms with Crippen molar-refractivity contribution in [3.63, 3.8) is 0 Å². The third-order valence-electron chi connectivity index (χ3n) is 4.53. The molecule has 3 aliphatic heterocycles. The summed E-state index contributed by atoms with van der Waals surface area (Å²) in [6.45, 7) is 7.38. The number of carbonyl (C=O) groups excluding carboxylic acids is 1. The predicted octanol–water partition coefficient (Wildman–Crippen LogP) is 0.0462. The predicted molar refractivity (Wildman–Crippen MR) is 73.6 cm³/mol. The number of hydrogen-bond donors (Lipinski definition) is 0. The minimum atomic E-state index is -3.30. The van der Waals surface area contributed by atoms with Crippen molar-refractivity contribution in [2.75, 3.05) is 26.2 Å². The summed E-state index contributed by atoms with van der Waals surface area (Å²) in [5, 5.41) is -0.483. The van der Waals surface area contributed by atoms with Crippen molar-refractivity contribution in [3.8, 4) is 0 Å². The van der Waals surface area contributed by atoms with E-state index >= 15 is 0 Å². The SMILES string of the molecule is CC(=O)N1C[C@H]2C[C@H]3[C@](C1)(CN(CC(C)C)S3(=O)=O)O2. The van der Waals surface area contributed by atoms with Crippen molar-refractivity contribution in [1.82, 2.24) is 9.21 Å². The summed E-state index contributed by atoms with van der Waals surface area (Å²) in [5.74, 6) is 0.279. The van der Waals surface area contributed by atoms with E-state index in [0.29, 0.717) is 32.6 Å². The van der Waals surface area contributed by atoms with Gasteiger partial charge in [-0.05, 0) is 12.3 Å². The van der Waals surface area contributed by atoms with Crippen molar-refractivity contribution in [2.45, 2.75) is 44.1 Å². The molecule has 20 heavy (non-hydrogen) atoms. The molecule has 1 spiro atoms. The Morgan fingerprint density at radius 2 is 2.10 bits per heavy atom. The highest BCUT2D eigenvalue weighted by Crippen LogP contribution is 2.46. The summed E-state index contributed by atoms with van der Waals surface area (Å²) in [7, 11) is -3.30. The van der Waals surface area contributed by atoms with E-state index < -0.39 is 20.9 Å². The Bertz CT molecular complexity index is 532. The summed E-state index contributed by atoms with van der Waals surface area (Å²) in [6.07, 6.45) is 0.384. The second-order valence-electron chi connectivity index (χ2n) is 6.66. The molecule has 3 atom stereocenters. The van der Waals surface area contributed by atoms with E-state index in [-0.39, 0.29) is 17.9 Å². The van der Waals surface area contributed by atoms with E-state index in [1.807, 2.05) is 13.8 Å². The van der Waals surface area contributed by atoms with Gasteiger partial charge in [0.15, 0.2) is 0 Å². The summed E-state index contributed by atoms with van der Waals surface area (Å²) >= 11 is 0. The van der Waals surface area contributed by atoms with Crippen LogP contribution in [0.2, 0.25) is 0 Å². The number of morpholine rings is 1. The topological polar surface area (TPSA) is 66.9 Å². The number of carbonyl (C=O) groups is 1. The molecular weight excluding hydrogens is 280 g/mol. The maximum Gasteiger partial charge on any atom is 0.220 e. The second-order valence-corrected chi connectivity index (χ2v) is 8.78. The molecule has 3 aliphatic rings. The lowest BCUT2D eigenvalue weighted by atomic mass is 9.99. The molecule has 0 N–H and O–H groups in total. The van der Waals surface area contributed by atoms with Crippen molar-refractivity contribution in [2.24, 2.45) is 5.92 Å². The van der Waals surface area contributed by atoms with E-state index in [0.717, 1.165) is 0 Å². The molecule has 3 fully saturated rings. The van der Waals surface area contributed by atoms with Gasteiger partial charge in [0.25, 0.3) is 0 Å². The molecule has 0 aliphatic carbocycles. The third kappa shape index (κ3) is 1.98. The van der Waals surface area contributed by atoms with Crippen LogP contribution in [0.3, 0.4) is 0 Å². The molecule has 0 aromatic heterocycles. The van der Waals surface area contributed by atoms with Crippen LogP contribution in [0, 0.1) is 5.92 Å². The molecule has 6 nitrogen and oxygen atoms in total. The Morgan fingerprint density at radius 1 is 1.40 bits per heavy atom. The lowest BCUT2D eigenvalue weighted by molar-refractivity contribution is -0.148. The number of rotatable bonds is 2. The standard InChI is InChI=1S/C13H22N2O4S/c1-9(2)5-15-8-13-7-14(10(3)16)6-11(19-13)4-12(13)20(15,17)18/h9,11-12H,4-8H2,1-3H3/t11-,12+,13+/m1/s1. The number of nitrogens with zero attached hydrogens (tertiary/aromatic N) is 2. The monoisotopic (exact) mass is 302 g/mol. The fourth-order valence-corrected chi connectivity index (χ4v) is 6.23.